The van der Waals surface area contributed by atoms with Gasteiger partial charge in [0.15, 0.2) is 0 Å². The van der Waals surface area contributed by atoms with Gasteiger partial charge in [-0.15, -0.1) is 12.6 Å². The van der Waals surface area contributed by atoms with E-state index in [9.17, 15) is 9.59 Å². The first kappa shape index (κ1) is 20.0. The Labute approximate surface area is 147 Å². The van der Waals surface area contributed by atoms with Crippen molar-refractivity contribution in [2.75, 3.05) is 12.3 Å². The van der Waals surface area contributed by atoms with Gasteiger partial charge in [0.2, 0.25) is 6.41 Å². The Morgan fingerprint density at radius 3 is 2.71 bits per heavy atom. The molecular weight excluding hydrogens is 328 g/mol. The largest absolute Gasteiger partial charge is 0.465 e. The molecule has 1 amide bonds. The van der Waals surface area contributed by atoms with Gasteiger partial charge in [0.25, 0.3) is 0 Å². The molecule has 1 aromatic rings. The Hall–Kier alpha value is -2.09. The first-order chi connectivity index (χ1) is 11.3. The number of aromatic nitrogens is 2. The summed E-state index contributed by atoms with van der Waals surface area (Å²) in [7, 11) is 0. The van der Waals surface area contributed by atoms with Gasteiger partial charge in [-0.25, -0.2) is 9.97 Å². The van der Waals surface area contributed by atoms with Gasteiger partial charge in [0.05, 0.1) is 19.1 Å². The van der Waals surface area contributed by atoms with Crippen molar-refractivity contribution in [1.82, 2.24) is 14.9 Å². The van der Waals surface area contributed by atoms with Gasteiger partial charge in [-0.2, -0.15) is 0 Å². The minimum Gasteiger partial charge on any atom is -0.465 e. The average Bonchev–Trinajstić information content (AvgIpc) is 2.53. The number of esters is 1. The van der Waals surface area contributed by atoms with Gasteiger partial charge >= 0.3 is 5.97 Å². The first-order valence-corrected chi connectivity index (χ1v) is 8.06. The Balaban J connectivity index is 2.74. The highest BCUT2D eigenvalue weighted by molar-refractivity contribution is 7.84. The van der Waals surface area contributed by atoms with E-state index in [1.165, 1.54) is 4.90 Å². The Morgan fingerprint density at radius 1 is 1.50 bits per heavy atom. The average molecular weight is 352 g/mol. The molecule has 7 nitrogen and oxygen atoms in total. The lowest BCUT2D eigenvalue weighted by Crippen LogP contribution is -2.22. The number of amides is 1. The van der Waals surface area contributed by atoms with E-state index in [1.54, 1.807) is 33.9 Å². The quantitative estimate of drug-likeness (QED) is 0.422. The van der Waals surface area contributed by atoms with Crippen molar-refractivity contribution in [3.05, 3.63) is 28.2 Å². The number of hydrogen-bond donors (Lipinski definition) is 2. The summed E-state index contributed by atoms with van der Waals surface area (Å²) in [6.45, 7) is 7.52. The summed E-state index contributed by atoms with van der Waals surface area (Å²) in [5, 5.41) is 0. The third-order valence-corrected chi connectivity index (χ3v) is 3.94. The van der Waals surface area contributed by atoms with E-state index in [1.807, 2.05) is 0 Å². The maximum absolute atomic E-state index is 11.4. The SMILES string of the molecule is CC(=C(S)CCOC(=O)C(C)C)N(C=O)Cc1cnc(C)nc1N. The molecule has 0 aliphatic rings. The Kier molecular flexibility index (Phi) is 7.70. The summed E-state index contributed by atoms with van der Waals surface area (Å²) in [5.41, 5.74) is 7.17. The van der Waals surface area contributed by atoms with Crippen LogP contribution in [0.3, 0.4) is 0 Å². The van der Waals surface area contributed by atoms with Crippen LogP contribution in [0.5, 0.6) is 0 Å². The number of nitrogens with two attached hydrogens (primary N) is 1. The highest BCUT2D eigenvalue weighted by Gasteiger charge is 2.13. The third kappa shape index (κ3) is 5.84. The van der Waals surface area contributed by atoms with Crippen LogP contribution in [0.4, 0.5) is 5.82 Å². The summed E-state index contributed by atoms with van der Waals surface area (Å²) < 4.78 is 5.12. The molecule has 24 heavy (non-hydrogen) atoms. The van der Waals surface area contributed by atoms with Crippen molar-refractivity contribution in [1.29, 1.82) is 0 Å². The minimum atomic E-state index is -0.259. The van der Waals surface area contributed by atoms with Crippen molar-refractivity contribution in [2.45, 2.75) is 40.7 Å². The molecule has 0 saturated heterocycles. The smallest absolute Gasteiger partial charge is 0.308 e. The van der Waals surface area contributed by atoms with Crippen LogP contribution >= 0.6 is 12.6 Å². The Bertz CT molecular complexity index is 632. The zero-order chi connectivity index (χ0) is 18.3. The molecule has 132 valence electrons. The van der Waals surface area contributed by atoms with E-state index in [-0.39, 0.29) is 25.0 Å². The molecule has 1 rings (SSSR count). The fourth-order valence-corrected chi connectivity index (χ4v) is 2.03. The number of nitrogen functional groups attached to an aromatic ring is 1. The van der Waals surface area contributed by atoms with E-state index in [0.29, 0.717) is 40.6 Å². The van der Waals surface area contributed by atoms with E-state index in [0.717, 1.165) is 0 Å². The predicted octanol–water partition coefficient (Wildman–Crippen LogP) is 2.08. The molecule has 0 spiro atoms. The molecule has 1 heterocycles. The summed E-state index contributed by atoms with van der Waals surface area (Å²) in [5.74, 6) is 0.483. The first-order valence-electron chi connectivity index (χ1n) is 7.61. The minimum absolute atomic E-state index is 0.172. The summed E-state index contributed by atoms with van der Waals surface area (Å²) in [6, 6.07) is 0. The van der Waals surface area contributed by atoms with Crippen LogP contribution in [0.15, 0.2) is 16.8 Å². The lowest BCUT2D eigenvalue weighted by molar-refractivity contribution is -0.147. The number of aryl methyl sites for hydroxylation is 1. The molecule has 0 aliphatic carbocycles. The highest BCUT2D eigenvalue weighted by Crippen LogP contribution is 2.19. The maximum Gasteiger partial charge on any atom is 0.308 e. The van der Waals surface area contributed by atoms with E-state index in [2.05, 4.69) is 22.6 Å². The van der Waals surface area contributed by atoms with Crippen LogP contribution in [0.1, 0.15) is 38.6 Å². The lowest BCUT2D eigenvalue weighted by atomic mass is 10.2. The number of carbonyl (C=O) groups excluding carboxylic acids is 2. The molecule has 0 aliphatic heterocycles. The molecule has 8 heteroatoms. The van der Waals surface area contributed by atoms with Gasteiger partial charge in [-0.05, 0) is 13.8 Å². The fourth-order valence-electron chi connectivity index (χ4n) is 1.81. The second kappa shape index (κ2) is 9.27. The zero-order valence-corrected chi connectivity index (χ0v) is 15.3. The maximum atomic E-state index is 11.4. The van der Waals surface area contributed by atoms with E-state index < -0.39 is 0 Å². The second-order valence-electron chi connectivity index (χ2n) is 5.67. The second-order valence-corrected chi connectivity index (χ2v) is 6.21. The molecular formula is C16H24N4O3S. The van der Waals surface area contributed by atoms with Crippen LogP contribution in [0.2, 0.25) is 0 Å². The third-order valence-electron chi connectivity index (χ3n) is 3.39. The Morgan fingerprint density at radius 2 is 2.17 bits per heavy atom. The van der Waals surface area contributed by atoms with Crippen molar-refractivity contribution < 1.29 is 14.3 Å². The van der Waals surface area contributed by atoms with Crippen LogP contribution in [0, 0.1) is 12.8 Å². The summed E-state index contributed by atoms with van der Waals surface area (Å²) in [6.07, 6.45) is 2.73. The molecule has 0 atom stereocenters. The van der Waals surface area contributed by atoms with E-state index in [4.69, 9.17) is 10.5 Å². The monoisotopic (exact) mass is 352 g/mol. The summed E-state index contributed by atoms with van der Waals surface area (Å²) >= 11 is 4.41. The zero-order valence-electron chi connectivity index (χ0n) is 14.4. The number of anilines is 1. The number of allylic oxidation sites excluding steroid dienone is 1. The molecule has 0 radical (unpaired) electrons. The van der Waals surface area contributed by atoms with Gasteiger partial charge < -0.3 is 15.4 Å². The molecule has 0 fully saturated rings. The molecule has 2 N–H and O–H groups in total. The molecule has 0 aromatic carbocycles. The molecule has 0 saturated carbocycles. The van der Waals surface area contributed by atoms with Crippen molar-refractivity contribution >= 4 is 30.8 Å². The molecule has 0 bridgehead atoms. The fraction of sp³-hybridized carbons (Fsp3) is 0.500. The van der Waals surface area contributed by atoms with Gasteiger partial charge in [0, 0.05) is 28.8 Å². The predicted molar refractivity (Wildman–Crippen MR) is 94.9 cm³/mol. The number of carbonyl (C=O) groups is 2. The number of rotatable bonds is 8. The summed E-state index contributed by atoms with van der Waals surface area (Å²) in [4.78, 5) is 33.1. The lowest BCUT2D eigenvalue weighted by Gasteiger charge is -2.21. The van der Waals surface area contributed by atoms with E-state index >= 15 is 0 Å². The van der Waals surface area contributed by atoms with Gasteiger partial charge in [0.1, 0.15) is 11.6 Å². The number of ether oxygens (including phenoxy) is 1. The van der Waals surface area contributed by atoms with Crippen LogP contribution in [-0.4, -0.2) is 33.9 Å². The van der Waals surface area contributed by atoms with Crippen molar-refractivity contribution in [3.8, 4) is 0 Å². The van der Waals surface area contributed by atoms with Crippen molar-refractivity contribution in [3.63, 3.8) is 0 Å². The van der Waals surface area contributed by atoms with Gasteiger partial charge in [-0.3, -0.25) is 9.59 Å². The normalized spacial score (nSPS) is 11.9. The van der Waals surface area contributed by atoms with Crippen LogP contribution in [0.25, 0.3) is 0 Å². The highest BCUT2D eigenvalue weighted by atomic mass is 32.1. The molecule has 0 unspecified atom stereocenters. The number of hydrogen-bond acceptors (Lipinski definition) is 7. The number of nitrogens with zero attached hydrogens (tertiary/aromatic N) is 3. The molecule has 1 aromatic heterocycles. The van der Waals surface area contributed by atoms with Crippen LogP contribution in [-0.2, 0) is 20.9 Å². The standard InChI is InChI=1S/C16H24N4O3S/c1-10(2)16(22)23-6-5-14(24)11(3)20(9-21)8-13-7-18-12(4)19-15(13)17/h7,9-10,24H,5-6,8H2,1-4H3,(H2,17,18,19). The topological polar surface area (TPSA) is 98.4 Å². The van der Waals surface area contributed by atoms with Crippen molar-refractivity contribution in [2.24, 2.45) is 5.92 Å². The number of thiol groups is 1. The van der Waals surface area contributed by atoms with Gasteiger partial charge in [-0.1, -0.05) is 13.8 Å². The van der Waals surface area contributed by atoms with Crippen LogP contribution < -0.4 is 5.73 Å².